The van der Waals surface area contributed by atoms with E-state index in [-0.39, 0.29) is 24.0 Å². The lowest BCUT2D eigenvalue weighted by molar-refractivity contribution is -0.916. The van der Waals surface area contributed by atoms with Gasteiger partial charge in [-0.2, -0.15) is 0 Å². The molecule has 0 aliphatic carbocycles. The van der Waals surface area contributed by atoms with Crippen LogP contribution < -0.4 is 0 Å². The highest BCUT2D eigenvalue weighted by Crippen LogP contribution is 2.16. The van der Waals surface area contributed by atoms with Crippen LogP contribution in [0, 0.1) is 0 Å². The Labute approximate surface area is 335 Å². The molecule has 0 spiro atoms. The van der Waals surface area contributed by atoms with Gasteiger partial charge in [0.1, 0.15) is 50.6 Å². The highest BCUT2D eigenvalue weighted by atomic mass is 16.5. The topological polar surface area (TPSA) is 96.3 Å². The van der Waals surface area contributed by atoms with Gasteiger partial charge in [0.15, 0.2) is 0 Å². The van der Waals surface area contributed by atoms with Crippen LogP contribution in [0.5, 0.6) is 0 Å². The Morgan fingerprint density at radius 2 is 0.796 bits per heavy atom. The molecule has 0 bridgehead atoms. The van der Waals surface area contributed by atoms with Crippen LogP contribution in [0.15, 0.2) is 0 Å². The second-order valence-corrected chi connectivity index (χ2v) is 17.9. The van der Waals surface area contributed by atoms with Gasteiger partial charge in [-0.05, 0) is 39.7 Å². The molecule has 0 fully saturated rings. The van der Waals surface area contributed by atoms with E-state index in [1.807, 2.05) is 0 Å². The van der Waals surface area contributed by atoms with Crippen LogP contribution in [0.25, 0.3) is 0 Å². The molecule has 54 heavy (non-hydrogen) atoms. The number of unbranched alkanes of at least 4 members (excludes halogenated alkanes) is 18. The second kappa shape index (κ2) is 32.8. The fraction of sp³-hybridized carbons (Fsp3) is 0.956. The summed E-state index contributed by atoms with van der Waals surface area (Å²) in [6.45, 7) is 14.4. The molecule has 2 N–H and O–H groups in total. The number of aliphatic hydroxyl groups excluding tert-OH is 2. The fourth-order valence-corrected chi connectivity index (χ4v) is 7.14. The molecular weight excluding hydrogens is 679 g/mol. The van der Waals surface area contributed by atoms with Gasteiger partial charge >= 0.3 is 11.9 Å². The van der Waals surface area contributed by atoms with Gasteiger partial charge in [-0.25, -0.2) is 0 Å². The third kappa shape index (κ3) is 29.0. The third-order valence-corrected chi connectivity index (χ3v) is 11.7. The lowest BCUT2D eigenvalue weighted by atomic mass is 10.1. The monoisotopic (exact) mass is 772 g/mol. The predicted molar refractivity (Wildman–Crippen MR) is 226 cm³/mol. The zero-order chi connectivity index (χ0) is 40.7. The van der Waals surface area contributed by atoms with Crippen LogP contribution in [-0.4, -0.2) is 134 Å². The lowest BCUT2D eigenvalue weighted by Gasteiger charge is -2.39. The summed E-state index contributed by atoms with van der Waals surface area (Å²) < 4.78 is 12.4. The maximum Gasteiger partial charge on any atom is 0.306 e. The van der Waals surface area contributed by atoms with Crippen molar-refractivity contribution < 1.29 is 38.2 Å². The van der Waals surface area contributed by atoms with Crippen LogP contribution in [0.4, 0.5) is 0 Å². The maximum absolute atomic E-state index is 12.4. The molecule has 0 saturated carbocycles. The third-order valence-electron chi connectivity index (χ3n) is 11.7. The van der Waals surface area contributed by atoms with Crippen molar-refractivity contribution in [3.63, 3.8) is 0 Å². The normalized spacial score (nSPS) is 14.6. The number of quaternary nitrogens is 2. The quantitative estimate of drug-likeness (QED) is 0.0368. The maximum atomic E-state index is 12.4. The van der Waals surface area contributed by atoms with Crippen LogP contribution in [0.1, 0.15) is 182 Å². The Kier molecular flexibility index (Phi) is 32.0. The number of esters is 2. The minimum Gasteiger partial charge on any atom is -0.459 e. The number of nitrogens with zero attached hydrogens (tertiary/aromatic N) is 3. The van der Waals surface area contributed by atoms with E-state index in [1.165, 1.54) is 89.9 Å². The van der Waals surface area contributed by atoms with Crippen molar-refractivity contribution in [3.8, 4) is 0 Å². The smallest absolute Gasteiger partial charge is 0.306 e. The molecule has 0 heterocycles. The fourth-order valence-electron chi connectivity index (χ4n) is 7.14. The van der Waals surface area contributed by atoms with Gasteiger partial charge in [0.25, 0.3) is 0 Å². The zero-order valence-electron chi connectivity index (χ0n) is 37.4. The SMILES string of the molecule is CCCCCCCCCCCC(=O)OCC(C)[N+](C)(C)CC(O)CN(CCCCC)CC(O)C[N+](C)(C)C(C)COC(=O)CCCCCCCCCCC. The first-order valence-electron chi connectivity index (χ1n) is 22.7. The summed E-state index contributed by atoms with van der Waals surface area (Å²) >= 11 is 0. The van der Waals surface area contributed by atoms with E-state index in [2.05, 4.69) is 67.7 Å². The molecule has 0 aromatic carbocycles. The first-order valence-corrected chi connectivity index (χ1v) is 22.7. The molecule has 0 radical (unpaired) electrons. The minimum atomic E-state index is -0.583. The highest BCUT2D eigenvalue weighted by molar-refractivity contribution is 5.69. The molecular formula is C45H93N3O6+2. The summed E-state index contributed by atoms with van der Waals surface area (Å²) in [5.41, 5.74) is 0. The first-order chi connectivity index (χ1) is 25.7. The average molecular weight is 772 g/mol. The van der Waals surface area contributed by atoms with Crippen LogP contribution in [-0.2, 0) is 19.1 Å². The molecule has 0 aliphatic heterocycles. The predicted octanol–water partition coefficient (Wildman–Crippen LogP) is 9.06. The molecule has 0 aliphatic rings. The van der Waals surface area contributed by atoms with Gasteiger partial charge in [-0.1, -0.05) is 136 Å². The van der Waals surface area contributed by atoms with Crippen molar-refractivity contribution in [1.29, 1.82) is 0 Å². The molecule has 4 unspecified atom stereocenters. The van der Waals surface area contributed by atoms with Gasteiger partial charge in [-0.15, -0.1) is 0 Å². The Bertz CT molecular complexity index is 835. The van der Waals surface area contributed by atoms with E-state index >= 15 is 0 Å². The van der Waals surface area contributed by atoms with Crippen LogP contribution in [0.3, 0.4) is 0 Å². The molecule has 0 saturated heterocycles. The Morgan fingerprint density at radius 1 is 0.500 bits per heavy atom. The summed E-state index contributed by atoms with van der Waals surface area (Å²) in [4.78, 5) is 27.1. The molecule has 0 aromatic rings. The summed E-state index contributed by atoms with van der Waals surface area (Å²) in [5.74, 6) is -0.242. The van der Waals surface area contributed by atoms with Crippen molar-refractivity contribution >= 4 is 11.9 Å². The summed E-state index contributed by atoms with van der Waals surface area (Å²) in [6.07, 6.45) is 25.0. The van der Waals surface area contributed by atoms with E-state index in [0.717, 1.165) is 51.5 Å². The molecule has 0 rings (SSSR count). The number of ether oxygens (including phenoxy) is 2. The zero-order valence-corrected chi connectivity index (χ0v) is 37.4. The number of hydrogen-bond acceptors (Lipinski definition) is 7. The van der Waals surface area contributed by atoms with Gasteiger partial charge in [0.2, 0.25) is 0 Å². The van der Waals surface area contributed by atoms with Crippen molar-refractivity contribution in [2.45, 2.75) is 207 Å². The summed E-state index contributed by atoms with van der Waals surface area (Å²) in [5, 5.41) is 22.6. The number of carbonyl (C=O) groups excluding carboxylic acids is 2. The molecule has 9 heteroatoms. The van der Waals surface area contributed by atoms with Crippen molar-refractivity contribution in [2.24, 2.45) is 0 Å². The number of carbonyl (C=O) groups is 2. The van der Waals surface area contributed by atoms with E-state index in [9.17, 15) is 19.8 Å². The number of likely N-dealkylation sites (N-methyl/N-ethyl adjacent to an activating group) is 2. The average Bonchev–Trinajstić information content (AvgIpc) is 3.10. The van der Waals surface area contributed by atoms with Gasteiger partial charge in [0.05, 0.1) is 28.2 Å². The van der Waals surface area contributed by atoms with Crippen LogP contribution in [0.2, 0.25) is 0 Å². The largest absolute Gasteiger partial charge is 0.459 e. The van der Waals surface area contributed by atoms with Crippen molar-refractivity contribution in [3.05, 3.63) is 0 Å². The van der Waals surface area contributed by atoms with Gasteiger partial charge in [0, 0.05) is 25.9 Å². The van der Waals surface area contributed by atoms with Crippen LogP contribution >= 0.6 is 0 Å². The van der Waals surface area contributed by atoms with Crippen molar-refractivity contribution in [2.75, 3.05) is 74.1 Å². The van der Waals surface area contributed by atoms with E-state index in [0.29, 0.717) is 61.2 Å². The molecule has 0 aromatic heterocycles. The standard InChI is InChI=1S/C45H93N3O6/c1-10-13-16-18-20-22-24-26-28-31-44(51)53-38-40(4)47(6,7)36-42(49)34-46(33-30-15-12-3)35-43(50)37-48(8,9)41(5)39-54-45(52)32-29-27-25-23-21-19-17-14-11-2/h40-43,49-50H,10-39H2,1-9H3/q+2. The Balaban J connectivity index is 4.68. The highest BCUT2D eigenvalue weighted by Gasteiger charge is 2.32. The van der Waals surface area contributed by atoms with E-state index in [4.69, 9.17) is 9.47 Å². The van der Waals surface area contributed by atoms with Gasteiger partial charge in [-0.3, -0.25) is 14.5 Å². The summed E-state index contributed by atoms with van der Waals surface area (Å²) in [6, 6.07) is 0.0919. The molecule has 322 valence electrons. The molecule has 9 nitrogen and oxygen atoms in total. The van der Waals surface area contributed by atoms with Crippen molar-refractivity contribution in [1.82, 2.24) is 4.90 Å². The van der Waals surface area contributed by atoms with E-state index in [1.54, 1.807) is 0 Å². The molecule has 4 atom stereocenters. The number of aliphatic hydroxyl groups is 2. The Hall–Kier alpha value is -1.26. The second-order valence-electron chi connectivity index (χ2n) is 17.9. The first kappa shape index (κ1) is 52.7. The Morgan fingerprint density at radius 3 is 1.13 bits per heavy atom. The number of rotatable bonds is 38. The summed E-state index contributed by atoms with van der Waals surface area (Å²) in [7, 11) is 8.35. The number of hydrogen-bond donors (Lipinski definition) is 2. The lowest BCUT2D eigenvalue weighted by Crippen LogP contribution is -2.57. The van der Waals surface area contributed by atoms with Gasteiger partial charge < -0.3 is 28.7 Å². The molecule has 0 amide bonds. The van der Waals surface area contributed by atoms with E-state index < -0.39 is 12.2 Å². The minimum absolute atomic E-state index is 0.0460.